The third kappa shape index (κ3) is 4.61. The maximum atomic E-state index is 4.46. The minimum Gasteiger partial charge on any atom is -0.295 e. The molecule has 0 spiro atoms. The second-order valence-corrected chi connectivity index (χ2v) is 5.96. The Morgan fingerprint density at radius 3 is 2.95 bits per heavy atom. The van der Waals surface area contributed by atoms with E-state index in [-0.39, 0.29) is 0 Å². The molecular formula is C18H26N2. The van der Waals surface area contributed by atoms with Gasteiger partial charge in [0.05, 0.1) is 0 Å². The Morgan fingerprint density at radius 2 is 2.15 bits per heavy atom. The summed E-state index contributed by atoms with van der Waals surface area (Å²) in [5.74, 6) is 0. The van der Waals surface area contributed by atoms with Gasteiger partial charge in [0.25, 0.3) is 0 Å². The number of rotatable bonds is 5. The van der Waals surface area contributed by atoms with Gasteiger partial charge in [-0.3, -0.25) is 9.88 Å². The van der Waals surface area contributed by atoms with Crippen molar-refractivity contribution in [3.63, 3.8) is 0 Å². The Labute approximate surface area is 123 Å². The van der Waals surface area contributed by atoms with Crippen LogP contribution in [-0.4, -0.2) is 23.0 Å². The van der Waals surface area contributed by atoms with Gasteiger partial charge in [-0.25, -0.2) is 0 Å². The summed E-state index contributed by atoms with van der Waals surface area (Å²) >= 11 is 0. The lowest BCUT2D eigenvalue weighted by Crippen LogP contribution is -2.31. The molecule has 0 aromatic carbocycles. The van der Waals surface area contributed by atoms with Gasteiger partial charge in [-0.1, -0.05) is 29.4 Å². The predicted molar refractivity (Wildman–Crippen MR) is 85.6 cm³/mol. The highest BCUT2D eigenvalue weighted by atomic mass is 15.1. The second kappa shape index (κ2) is 7.39. The molecule has 2 heterocycles. The zero-order valence-corrected chi connectivity index (χ0v) is 13.0. The summed E-state index contributed by atoms with van der Waals surface area (Å²) in [5, 5.41) is 0. The fourth-order valence-electron chi connectivity index (χ4n) is 2.56. The van der Waals surface area contributed by atoms with E-state index in [0.717, 1.165) is 32.5 Å². The van der Waals surface area contributed by atoms with E-state index in [9.17, 15) is 0 Å². The van der Waals surface area contributed by atoms with Crippen molar-refractivity contribution >= 4 is 0 Å². The fraction of sp³-hybridized carbons (Fsp3) is 0.500. The number of nitrogens with zero attached hydrogens (tertiary/aromatic N) is 2. The fourth-order valence-corrected chi connectivity index (χ4v) is 2.56. The maximum absolute atomic E-state index is 4.46. The maximum Gasteiger partial charge on any atom is 0.0461 e. The summed E-state index contributed by atoms with van der Waals surface area (Å²) in [4.78, 5) is 6.97. The first-order valence-electron chi connectivity index (χ1n) is 7.59. The molecule has 108 valence electrons. The van der Waals surface area contributed by atoms with Crippen molar-refractivity contribution < 1.29 is 0 Å². The Kier molecular flexibility index (Phi) is 5.54. The molecule has 0 unspecified atom stereocenters. The van der Waals surface area contributed by atoms with E-state index in [1.165, 1.54) is 28.8 Å². The van der Waals surface area contributed by atoms with Gasteiger partial charge in [-0.05, 0) is 45.2 Å². The first-order chi connectivity index (χ1) is 9.65. The van der Waals surface area contributed by atoms with E-state index in [1.807, 2.05) is 12.3 Å². The van der Waals surface area contributed by atoms with Crippen LogP contribution in [0.4, 0.5) is 0 Å². The minimum atomic E-state index is 1.04. The molecule has 0 radical (unpaired) electrons. The van der Waals surface area contributed by atoms with Crippen LogP contribution in [0, 0.1) is 0 Å². The Bertz CT molecular complexity index is 496. The average Bonchev–Trinajstić information content (AvgIpc) is 2.44. The van der Waals surface area contributed by atoms with Crippen LogP contribution in [-0.2, 0) is 13.0 Å². The van der Waals surface area contributed by atoms with Crippen LogP contribution >= 0.6 is 0 Å². The van der Waals surface area contributed by atoms with Crippen molar-refractivity contribution in [1.29, 1.82) is 0 Å². The summed E-state index contributed by atoms with van der Waals surface area (Å²) in [6, 6.07) is 4.25. The molecule has 2 heteroatoms. The largest absolute Gasteiger partial charge is 0.295 e. The Hall–Kier alpha value is -1.41. The molecule has 0 aliphatic carbocycles. The highest BCUT2D eigenvalue weighted by Crippen LogP contribution is 2.16. The minimum absolute atomic E-state index is 1.04. The average molecular weight is 270 g/mol. The van der Waals surface area contributed by atoms with Gasteiger partial charge in [-0.2, -0.15) is 0 Å². The van der Waals surface area contributed by atoms with E-state index in [2.05, 4.69) is 48.9 Å². The molecule has 2 rings (SSSR count). The predicted octanol–water partition coefficient (Wildman–Crippen LogP) is 4.13. The van der Waals surface area contributed by atoms with Gasteiger partial charge in [0.15, 0.2) is 0 Å². The first-order valence-corrected chi connectivity index (χ1v) is 7.59. The van der Waals surface area contributed by atoms with Gasteiger partial charge >= 0.3 is 0 Å². The van der Waals surface area contributed by atoms with Crippen molar-refractivity contribution in [3.8, 4) is 0 Å². The van der Waals surface area contributed by atoms with Crippen LogP contribution in [0.1, 0.15) is 44.9 Å². The van der Waals surface area contributed by atoms with Gasteiger partial charge in [0, 0.05) is 37.9 Å². The number of pyridine rings is 1. The number of hydrogen-bond donors (Lipinski definition) is 0. The van der Waals surface area contributed by atoms with Crippen LogP contribution in [0.2, 0.25) is 0 Å². The van der Waals surface area contributed by atoms with Crippen molar-refractivity contribution in [2.45, 2.75) is 46.6 Å². The second-order valence-electron chi connectivity index (χ2n) is 5.96. The molecular weight excluding hydrogens is 244 g/mol. The summed E-state index contributed by atoms with van der Waals surface area (Å²) in [7, 11) is 0. The van der Waals surface area contributed by atoms with Crippen LogP contribution in [0.15, 0.2) is 41.6 Å². The van der Waals surface area contributed by atoms with Crippen LogP contribution in [0.25, 0.3) is 0 Å². The molecule has 2 nitrogen and oxygen atoms in total. The molecule has 1 aliphatic heterocycles. The molecule has 0 saturated heterocycles. The summed E-state index contributed by atoms with van der Waals surface area (Å²) < 4.78 is 0. The molecule has 0 saturated carbocycles. The summed E-state index contributed by atoms with van der Waals surface area (Å²) in [5.41, 5.74) is 5.60. The van der Waals surface area contributed by atoms with Gasteiger partial charge < -0.3 is 0 Å². The molecule has 1 aromatic heterocycles. The third-order valence-electron chi connectivity index (χ3n) is 3.83. The number of allylic oxidation sites excluding steroid dienone is 3. The summed E-state index contributed by atoms with van der Waals surface area (Å²) in [6.07, 6.45) is 10.0. The monoisotopic (exact) mass is 270 g/mol. The lowest BCUT2D eigenvalue weighted by molar-refractivity contribution is 0.278. The number of aromatic nitrogens is 1. The first kappa shape index (κ1) is 15.0. The summed E-state index contributed by atoms with van der Waals surface area (Å²) in [6.45, 7) is 9.81. The standard InChI is InChI=1S/C18H26N2/c1-15(2)6-4-7-16(3)9-12-20-13-10-18-17(14-20)8-5-11-19-18/h5-6,8-9,11H,4,7,10,12-14H2,1-3H3/b16-9+. The van der Waals surface area contributed by atoms with Crippen molar-refractivity contribution in [1.82, 2.24) is 9.88 Å². The van der Waals surface area contributed by atoms with Crippen LogP contribution < -0.4 is 0 Å². The smallest absolute Gasteiger partial charge is 0.0461 e. The van der Waals surface area contributed by atoms with Crippen LogP contribution in [0.3, 0.4) is 0 Å². The Balaban J connectivity index is 1.82. The van der Waals surface area contributed by atoms with E-state index in [0.29, 0.717) is 0 Å². The molecule has 0 N–H and O–H groups in total. The number of hydrogen-bond acceptors (Lipinski definition) is 2. The molecule has 1 aliphatic rings. The van der Waals surface area contributed by atoms with Gasteiger partial charge in [-0.15, -0.1) is 0 Å². The van der Waals surface area contributed by atoms with E-state index in [1.54, 1.807) is 0 Å². The topological polar surface area (TPSA) is 16.1 Å². The quantitative estimate of drug-likeness (QED) is 0.748. The highest BCUT2D eigenvalue weighted by molar-refractivity contribution is 5.22. The van der Waals surface area contributed by atoms with E-state index in [4.69, 9.17) is 0 Å². The van der Waals surface area contributed by atoms with Gasteiger partial charge in [0.2, 0.25) is 0 Å². The van der Waals surface area contributed by atoms with Crippen molar-refractivity contribution in [2.24, 2.45) is 0 Å². The zero-order valence-electron chi connectivity index (χ0n) is 13.0. The van der Waals surface area contributed by atoms with Crippen LogP contribution in [0.5, 0.6) is 0 Å². The Morgan fingerprint density at radius 1 is 1.30 bits per heavy atom. The number of fused-ring (bicyclic) bond motifs is 1. The van der Waals surface area contributed by atoms with Crippen molar-refractivity contribution in [3.05, 3.63) is 52.9 Å². The van der Waals surface area contributed by atoms with E-state index < -0.39 is 0 Å². The molecule has 1 aromatic rings. The van der Waals surface area contributed by atoms with Gasteiger partial charge in [0.1, 0.15) is 0 Å². The molecule has 0 bridgehead atoms. The lowest BCUT2D eigenvalue weighted by Gasteiger charge is -2.27. The SMILES string of the molecule is CC(C)=CCC/C(C)=C/CN1CCc2ncccc2C1. The lowest BCUT2D eigenvalue weighted by atomic mass is 10.1. The highest BCUT2D eigenvalue weighted by Gasteiger charge is 2.15. The van der Waals surface area contributed by atoms with Crippen molar-refractivity contribution in [2.75, 3.05) is 13.1 Å². The normalized spacial score (nSPS) is 15.8. The zero-order chi connectivity index (χ0) is 14.4. The van der Waals surface area contributed by atoms with E-state index >= 15 is 0 Å². The molecule has 20 heavy (non-hydrogen) atoms. The molecule has 0 fully saturated rings. The third-order valence-corrected chi connectivity index (χ3v) is 3.83. The molecule has 0 amide bonds. The molecule has 0 atom stereocenters.